The van der Waals surface area contributed by atoms with Crippen LogP contribution in [0.1, 0.15) is 26.3 Å². The summed E-state index contributed by atoms with van der Waals surface area (Å²) in [5.74, 6) is 0.401. The second-order valence-corrected chi connectivity index (χ2v) is 8.24. The van der Waals surface area contributed by atoms with E-state index < -0.39 is 0 Å². The SMILES string of the molecule is CN1CCN(C(=O)c2cccc(NC(=O)c3cccc(OCCc4ccccc4)c3)c2)CC1. The first-order valence-corrected chi connectivity index (χ1v) is 11.2. The van der Waals surface area contributed by atoms with Crippen LogP contribution in [0, 0.1) is 0 Å². The standard InChI is InChI=1S/C27H29N3O3/c1-29-14-16-30(17-15-29)27(32)23-10-5-11-24(19-23)28-26(31)22-9-6-12-25(20-22)33-18-13-21-7-3-2-4-8-21/h2-12,19-20H,13-18H2,1H3,(H,28,31). The highest BCUT2D eigenvalue weighted by atomic mass is 16.5. The number of piperazine rings is 1. The molecule has 3 aromatic rings. The van der Waals surface area contributed by atoms with Crippen LogP contribution in [0.15, 0.2) is 78.9 Å². The predicted octanol–water partition coefficient (Wildman–Crippen LogP) is 3.95. The molecule has 1 aliphatic rings. The fourth-order valence-corrected chi connectivity index (χ4v) is 3.78. The maximum atomic E-state index is 12.8. The topological polar surface area (TPSA) is 61.9 Å². The summed E-state index contributed by atoms with van der Waals surface area (Å²) in [6.07, 6.45) is 0.797. The largest absolute Gasteiger partial charge is 0.493 e. The van der Waals surface area contributed by atoms with Gasteiger partial charge in [-0.15, -0.1) is 0 Å². The Balaban J connectivity index is 1.35. The van der Waals surface area contributed by atoms with Crippen molar-refractivity contribution in [1.29, 1.82) is 0 Å². The molecule has 6 heteroatoms. The average molecular weight is 444 g/mol. The summed E-state index contributed by atoms with van der Waals surface area (Å²) >= 11 is 0. The molecule has 1 aliphatic heterocycles. The molecule has 0 unspecified atom stereocenters. The molecule has 6 nitrogen and oxygen atoms in total. The molecule has 0 saturated carbocycles. The molecule has 0 radical (unpaired) electrons. The van der Waals surface area contributed by atoms with Crippen LogP contribution < -0.4 is 10.1 Å². The average Bonchev–Trinajstić information content (AvgIpc) is 2.85. The fourth-order valence-electron chi connectivity index (χ4n) is 3.78. The lowest BCUT2D eigenvalue weighted by atomic mass is 10.1. The second-order valence-electron chi connectivity index (χ2n) is 8.24. The minimum absolute atomic E-state index is 0.00647. The summed E-state index contributed by atoms with van der Waals surface area (Å²) in [6.45, 7) is 3.69. The van der Waals surface area contributed by atoms with E-state index in [0.29, 0.717) is 42.3 Å². The van der Waals surface area contributed by atoms with Gasteiger partial charge < -0.3 is 19.9 Å². The Hall–Kier alpha value is -3.64. The van der Waals surface area contributed by atoms with E-state index in [1.807, 2.05) is 29.2 Å². The number of nitrogens with zero attached hydrogens (tertiary/aromatic N) is 2. The van der Waals surface area contributed by atoms with Crippen LogP contribution in [-0.4, -0.2) is 61.4 Å². The number of anilines is 1. The van der Waals surface area contributed by atoms with Crippen LogP contribution in [0.4, 0.5) is 5.69 Å². The maximum Gasteiger partial charge on any atom is 0.255 e. The Morgan fingerprint density at radius 3 is 2.36 bits per heavy atom. The quantitative estimate of drug-likeness (QED) is 0.601. The molecular formula is C27H29N3O3. The van der Waals surface area contributed by atoms with Crippen molar-refractivity contribution in [3.8, 4) is 5.75 Å². The number of benzene rings is 3. The van der Waals surface area contributed by atoms with Crippen LogP contribution in [0.3, 0.4) is 0 Å². The molecule has 1 heterocycles. The van der Waals surface area contributed by atoms with Crippen molar-refractivity contribution in [2.24, 2.45) is 0 Å². The Kier molecular flexibility index (Phi) is 7.37. The van der Waals surface area contributed by atoms with Gasteiger partial charge in [0.05, 0.1) is 6.61 Å². The molecule has 170 valence electrons. The van der Waals surface area contributed by atoms with E-state index in [1.54, 1.807) is 42.5 Å². The first kappa shape index (κ1) is 22.6. The van der Waals surface area contributed by atoms with Crippen LogP contribution in [0.2, 0.25) is 0 Å². The van der Waals surface area contributed by atoms with Gasteiger partial charge in [-0.3, -0.25) is 9.59 Å². The smallest absolute Gasteiger partial charge is 0.255 e. The minimum atomic E-state index is -0.243. The van der Waals surface area contributed by atoms with Gasteiger partial charge in [-0.05, 0) is 49.0 Å². The van der Waals surface area contributed by atoms with Crippen molar-refractivity contribution in [3.05, 3.63) is 95.6 Å². The lowest BCUT2D eigenvalue weighted by Crippen LogP contribution is -2.47. The third-order valence-electron chi connectivity index (χ3n) is 5.76. The van der Waals surface area contributed by atoms with Gasteiger partial charge in [-0.2, -0.15) is 0 Å². The van der Waals surface area contributed by atoms with Gasteiger partial charge in [-0.25, -0.2) is 0 Å². The third kappa shape index (κ3) is 6.20. The summed E-state index contributed by atoms with van der Waals surface area (Å²) in [4.78, 5) is 29.7. The number of hydrogen-bond donors (Lipinski definition) is 1. The van der Waals surface area contributed by atoms with E-state index in [-0.39, 0.29) is 11.8 Å². The van der Waals surface area contributed by atoms with E-state index in [1.165, 1.54) is 5.56 Å². The minimum Gasteiger partial charge on any atom is -0.493 e. The van der Waals surface area contributed by atoms with Crippen molar-refractivity contribution in [1.82, 2.24) is 9.80 Å². The highest BCUT2D eigenvalue weighted by Crippen LogP contribution is 2.18. The van der Waals surface area contributed by atoms with Crippen LogP contribution >= 0.6 is 0 Å². The summed E-state index contributed by atoms with van der Waals surface area (Å²) < 4.78 is 5.84. The summed E-state index contributed by atoms with van der Waals surface area (Å²) in [5, 5.41) is 2.90. The molecular weight excluding hydrogens is 414 g/mol. The number of rotatable bonds is 7. The first-order valence-electron chi connectivity index (χ1n) is 11.2. The number of carbonyl (C=O) groups excluding carboxylic acids is 2. The molecule has 4 rings (SSSR count). The number of likely N-dealkylation sites (N-methyl/N-ethyl adjacent to an activating group) is 1. The highest BCUT2D eigenvalue weighted by molar-refractivity contribution is 6.05. The Morgan fingerprint density at radius 1 is 0.848 bits per heavy atom. The van der Waals surface area contributed by atoms with Gasteiger partial charge in [0.15, 0.2) is 0 Å². The van der Waals surface area contributed by atoms with E-state index >= 15 is 0 Å². The van der Waals surface area contributed by atoms with Gasteiger partial charge in [0.25, 0.3) is 11.8 Å². The Morgan fingerprint density at radius 2 is 1.58 bits per heavy atom. The number of nitrogens with one attached hydrogen (secondary N) is 1. The lowest BCUT2D eigenvalue weighted by Gasteiger charge is -2.32. The number of carbonyl (C=O) groups is 2. The molecule has 2 amide bonds. The van der Waals surface area contributed by atoms with E-state index in [2.05, 4.69) is 29.4 Å². The van der Waals surface area contributed by atoms with Gasteiger partial charge in [0, 0.05) is 49.4 Å². The predicted molar refractivity (Wildman–Crippen MR) is 130 cm³/mol. The highest BCUT2D eigenvalue weighted by Gasteiger charge is 2.20. The molecule has 0 spiro atoms. The van der Waals surface area contributed by atoms with Crippen molar-refractivity contribution >= 4 is 17.5 Å². The maximum absolute atomic E-state index is 12.8. The number of hydrogen-bond acceptors (Lipinski definition) is 4. The van der Waals surface area contributed by atoms with Gasteiger partial charge in [0.2, 0.25) is 0 Å². The number of ether oxygens (including phenoxy) is 1. The molecule has 0 aromatic heterocycles. The zero-order valence-electron chi connectivity index (χ0n) is 18.9. The molecule has 1 N–H and O–H groups in total. The normalized spacial score (nSPS) is 14.0. The second kappa shape index (κ2) is 10.8. The van der Waals surface area contributed by atoms with Crippen molar-refractivity contribution in [2.45, 2.75) is 6.42 Å². The van der Waals surface area contributed by atoms with Crippen molar-refractivity contribution in [3.63, 3.8) is 0 Å². The fraction of sp³-hybridized carbons (Fsp3) is 0.259. The van der Waals surface area contributed by atoms with E-state index in [4.69, 9.17) is 4.74 Å². The summed E-state index contributed by atoms with van der Waals surface area (Å²) in [5.41, 5.74) is 2.88. The van der Waals surface area contributed by atoms with Crippen LogP contribution in [0.5, 0.6) is 5.75 Å². The summed E-state index contributed by atoms with van der Waals surface area (Å²) in [7, 11) is 2.06. The number of amides is 2. The van der Waals surface area contributed by atoms with Crippen molar-refractivity contribution < 1.29 is 14.3 Å². The zero-order valence-corrected chi connectivity index (χ0v) is 18.9. The summed E-state index contributed by atoms with van der Waals surface area (Å²) in [6, 6.07) is 24.4. The molecule has 3 aromatic carbocycles. The Bertz CT molecular complexity index is 1090. The van der Waals surface area contributed by atoms with Gasteiger partial charge >= 0.3 is 0 Å². The Labute approximate surface area is 194 Å². The van der Waals surface area contributed by atoms with Gasteiger partial charge in [0.1, 0.15) is 5.75 Å². The van der Waals surface area contributed by atoms with E-state index in [0.717, 1.165) is 19.5 Å². The van der Waals surface area contributed by atoms with E-state index in [9.17, 15) is 9.59 Å². The molecule has 0 atom stereocenters. The van der Waals surface area contributed by atoms with Crippen LogP contribution in [-0.2, 0) is 6.42 Å². The lowest BCUT2D eigenvalue weighted by molar-refractivity contribution is 0.0664. The monoisotopic (exact) mass is 443 g/mol. The molecule has 0 aliphatic carbocycles. The zero-order chi connectivity index (χ0) is 23.0. The molecule has 1 fully saturated rings. The van der Waals surface area contributed by atoms with Gasteiger partial charge in [-0.1, -0.05) is 42.5 Å². The molecule has 0 bridgehead atoms. The van der Waals surface area contributed by atoms with Crippen molar-refractivity contribution in [2.75, 3.05) is 45.2 Å². The first-order chi connectivity index (χ1) is 16.1. The molecule has 1 saturated heterocycles. The third-order valence-corrected chi connectivity index (χ3v) is 5.76. The van der Waals surface area contributed by atoms with Crippen LogP contribution in [0.25, 0.3) is 0 Å². The molecule has 33 heavy (non-hydrogen) atoms.